The van der Waals surface area contributed by atoms with Crippen molar-refractivity contribution in [3.63, 3.8) is 0 Å². The maximum absolute atomic E-state index is 8.58. The Balaban J connectivity index is 3.03. The summed E-state index contributed by atoms with van der Waals surface area (Å²) >= 11 is 0. The molecule has 4 heteroatoms. The summed E-state index contributed by atoms with van der Waals surface area (Å²) in [5, 5.41) is 8.58. The lowest BCUT2D eigenvalue weighted by atomic mass is 10.3. The third-order valence-corrected chi connectivity index (χ3v) is 1.59. The summed E-state index contributed by atoms with van der Waals surface area (Å²) in [7, 11) is 3.06. The molecule has 0 radical (unpaired) electrons. The van der Waals surface area contributed by atoms with E-state index in [0.717, 1.165) is 0 Å². The molecule has 0 heterocycles. The Labute approximate surface area is 76.7 Å². The highest BCUT2D eigenvalue weighted by molar-refractivity contribution is 5.50. The topological polar surface area (TPSA) is 47.9 Å². The Bertz CT molecular complexity index is 272. The SMILES string of the molecule is COc1cccc(OCO)c1OC. The molecule has 0 fully saturated rings. The van der Waals surface area contributed by atoms with E-state index in [0.29, 0.717) is 17.2 Å². The molecule has 1 rings (SSSR count). The van der Waals surface area contributed by atoms with E-state index >= 15 is 0 Å². The molecular formula is C9H12O4. The molecule has 1 aromatic carbocycles. The first kappa shape index (κ1) is 9.67. The summed E-state index contributed by atoms with van der Waals surface area (Å²) in [4.78, 5) is 0. The summed E-state index contributed by atoms with van der Waals surface area (Å²) in [5.41, 5.74) is 0. The minimum Gasteiger partial charge on any atom is -0.493 e. The van der Waals surface area contributed by atoms with Gasteiger partial charge in [-0.1, -0.05) is 6.07 Å². The van der Waals surface area contributed by atoms with Gasteiger partial charge in [-0.3, -0.25) is 0 Å². The second-order valence-corrected chi connectivity index (χ2v) is 2.27. The predicted octanol–water partition coefficient (Wildman–Crippen LogP) is 1.03. The van der Waals surface area contributed by atoms with Gasteiger partial charge >= 0.3 is 0 Å². The molecule has 0 aliphatic heterocycles. The second-order valence-electron chi connectivity index (χ2n) is 2.27. The van der Waals surface area contributed by atoms with E-state index in [9.17, 15) is 0 Å². The van der Waals surface area contributed by atoms with Crippen LogP contribution in [0, 0.1) is 0 Å². The van der Waals surface area contributed by atoms with Crippen molar-refractivity contribution in [2.75, 3.05) is 21.0 Å². The molecule has 0 aliphatic carbocycles. The van der Waals surface area contributed by atoms with Gasteiger partial charge in [0, 0.05) is 0 Å². The van der Waals surface area contributed by atoms with Crippen LogP contribution in [-0.4, -0.2) is 26.1 Å². The summed E-state index contributed by atoms with van der Waals surface area (Å²) in [6, 6.07) is 5.20. The van der Waals surface area contributed by atoms with E-state index in [1.54, 1.807) is 25.3 Å². The van der Waals surface area contributed by atoms with Crippen LogP contribution in [0.15, 0.2) is 18.2 Å². The molecule has 0 aromatic heterocycles. The van der Waals surface area contributed by atoms with Gasteiger partial charge in [0.2, 0.25) is 5.75 Å². The van der Waals surface area contributed by atoms with Crippen molar-refractivity contribution in [2.24, 2.45) is 0 Å². The molecule has 0 saturated heterocycles. The van der Waals surface area contributed by atoms with Gasteiger partial charge in [0.25, 0.3) is 0 Å². The third-order valence-electron chi connectivity index (χ3n) is 1.59. The van der Waals surface area contributed by atoms with Gasteiger partial charge in [-0.25, -0.2) is 0 Å². The second kappa shape index (κ2) is 4.57. The normalized spacial score (nSPS) is 9.46. The van der Waals surface area contributed by atoms with Crippen LogP contribution in [-0.2, 0) is 0 Å². The maximum atomic E-state index is 8.58. The monoisotopic (exact) mass is 184 g/mol. The number of hydrogen-bond acceptors (Lipinski definition) is 4. The standard InChI is InChI=1S/C9H12O4/c1-11-7-4-3-5-8(13-6-10)9(7)12-2/h3-5,10H,6H2,1-2H3. The Kier molecular flexibility index (Phi) is 3.40. The first-order chi connectivity index (χ1) is 6.33. The van der Waals surface area contributed by atoms with Crippen LogP contribution < -0.4 is 14.2 Å². The Morgan fingerprint density at radius 3 is 2.38 bits per heavy atom. The summed E-state index contributed by atoms with van der Waals surface area (Å²) in [6.07, 6.45) is 0. The van der Waals surface area contributed by atoms with Crippen LogP contribution in [0.3, 0.4) is 0 Å². The fourth-order valence-electron chi connectivity index (χ4n) is 1.04. The van der Waals surface area contributed by atoms with Crippen molar-refractivity contribution in [3.05, 3.63) is 18.2 Å². The molecule has 13 heavy (non-hydrogen) atoms. The number of hydrogen-bond donors (Lipinski definition) is 1. The maximum Gasteiger partial charge on any atom is 0.203 e. The van der Waals surface area contributed by atoms with Crippen molar-refractivity contribution in [1.29, 1.82) is 0 Å². The summed E-state index contributed by atoms with van der Waals surface area (Å²) in [5.74, 6) is 1.52. The fraction of sp³-hybridized carbons (Fsp3) is 0.333. The van der Waals surface area contributed by atoms with Gasteiger partial charge in [-0.05, 0) is 12.1 Å². The molecular weight excluding hydrogens is 172 g/mol. The van der Waals surface area contributed by atoms with Gasteiger partial charge in [-0.15, -0.1) is 0 Å². The zero-order valence-corrected chi connectivity index (χ0v) is 7.61. The van der Waals surface area contributed by atoms with E-state index in [2.05, 4.69) is 0 Å². The number of rotatable bonds is 4. The van der Waals surface area contributed by atoms with Crippen LogP contribution in [0.4, 0.5) is 0 Å². The van der Waals surface area contributed by atoms with Gasteiger partial charge in [0.1, 0.15) is 0 Å². The number of benzene rings is 1. The van der Waals surface area contributed by atoms with Crippen molar-refractivity contribution < 1.29 is 19.3 Å². The Hall–Kier alpha value is -1.42. The molecule has 0 atom stereocenters. The van der Waals surface area contributed by atoms with Gasteiger partial charge in [-0.2, -0.15) is 0 Å². The number of ether oxygens (including phenoxy) is 3. The molecule has 0 saturated carbocycles. The largest absolute Gasteiger partial charge is 0.493 e. The summed E-state index contributed by atoms with van der Waals surface area (Å²) in [6.45, 7) is -0.385. The molecule has 1 aromatic rings. The van der Waals surface area contributed by atoms with Crippen LogP contribution in [0.2, 0.25) is 0 Å². The number of methoxy groups -OCH3 is 2. The molecule has 0 unspecified atom stereocenters. The van der Waals surface area contributed by atoms with E-state index in [-0.39, 0.29) is 6.79 Å². The zero-order valence-electron chi connectivity index (χ0n) is 7.61. The first-order valence-electron chi connectivity index (χ1n) is 3.78. The molecule has 72 valence electrons. The highest BCUT2D eigenvalue weighted by Gasteiger charge is 2.09. The first-order valence-corrected chi connectivity index (χ1v) is 3.78. The molecule has 0 amide bonds. The average molecular weight is 184 g/mol. The lowest BCUT2D eigenvalue weighted by Crippen LogP contribution is -1.98. The van der Waals surface area contributed by atoms with Crippen molar-refractivity contribution in [1.82, 2.24) is 0 Å². The lowest BCUT2D eigenvalue weighted by Gasteiger charge is -2.11. The van der Waals surface area contributed by atoms with Crippen molar-refractivity contribution >= 4 is 0 Å². The zero-order chi connectivity index (χ0) is 9.68. The summed E-state index contributed by atoms with van der Waals surface area (Å²) < 4.78 is 15.0. The quantitative estimate of drug-likeness (QED) is 0.710. The van der Waals surface area contributed by atoms with E-state index in [4.69, 9.17) is 19.3 Å². The van der Waals surface area contributed by atoms with Crippen LogP contribution in [0.5, 0.6) is 17.2 Å². The van der Waals surface area contributed by atoms with E-state index in [1.165, 1.54) is 7.11 Å². The lowest BCUT2D eigenvalue weighted by molar-refractivity contribution is 0.0949. The number of aliphatic hydroxyl groups excluding tert-OH is 1. The van der Waals surface area contributed by atoms with Crippen LogP contribution in [0.1, 0.15) is 0 Å². The highest BCUT2D eigenvalue weighted by Crippen LogP contribution is 2.36. The van der Waals surface area contributed by atoms with E-state index < -0.39 is 0 Å². The van der Waals surface area contributed by atoms with Crippen molar-refractivity contribution in [2.45, 2.75) is 0 Å². The molecule has 1 N–H and O–H groups in total. The van der Waals surface area contributed by atoms with Gasteiger partial charge in [0.15, 0.2) is 18.3 Å². The smallest absolute Gasteiger partial charge is 0.203 e. The van der Waals surface area contributed by atoms with Crippen LogP contribution >= 0.6 is 0 Å². The Morgan fingerprint density at radius 2 is 1.85 bits per heavy atom. The Morgan fingerprint density at radius 1 is 1.15 bits per heavy atom. The van der Waals surface area contributed by atoms with E-state index in [1.807, 2.05) is 0 Å². The minimum atomic E-state index is -0.385. The number of para-hydroxylation sites is 1. The van der Waals surface area contributed by atoms with Crippen molar-refractivity contribution in [3.8, 4) is 17.2 Å². The van der Waals surface area contributed by atoms with Gasteiger partial charge < -0.3 is 19.3 Å². The molecule has 0 bridgehead atoms. The predicted molar refractivity (Wildman–Crippen MR) is 47.3 cm³/mol. The minimum absolute atomic E-state index is 0.385. The van der Waals surface area contributed by atoms with Crippen LogP contribution in [0.25, 0.3) is 0 Å². The third kappa shape index (κ3) is 2.03. The molecule has 0 spiro atoms. The fourth-order valence-corrected chi connectivity index (χ4v) is 1.04. The number of aliphatic hydroxyl groups is 1. The highest BCUT2D eigenvalue weighted by atomic mass is 16.6. The molecule has 4 nitrogen and oxygen atoms in total. The molecule has 0 aliphatic rings. The average Bonchev–Trinajstić information content (AvgIpc) is 2.18. The van der Waals surface area contributed by atoms with Gasteiger partial charge in [0.05, 0.1) is 14.2 Å².